The maximum atomic E-state index is 2.77. The summed E-state index contributed by atoms with van der Waals surface area (Å²) in [7, 11) is 0. The number of fused-ring (bicyclic) bond motifs is 13. The minimum absolute atomic E-state index is 0.0737. The third kappa shape index (κ3) is 3.32. The summed E-state index contributed by atoms with van der Waals surface area (Å²) in [6.07, 6.45) is 0. The second kappa shape index (κ2) is 9.06. The van der Waals surface area contributed by atoms with E-state index in [2.05, 4.69) is 146 Å². The number of hydrogen-bond acceptors (Lipinski definition) is 2. The molecule has 5 aromatic rings. The molecule has 1 spiro atoms. The number of amidine groups is 1. The van der Waals surface area contributed by atoms with Crippen LogP contribution in [0.25, 0.3) is 42.7 Å². The number of thiophene rings is 1. The highest BCUT2D eigenvalue weighted by Crippen LogP contribution is 2.61. The number of nitrogens with zero attached hydrogens (tertiary/aromatic N) is 3. The Bertz CT molecular complexity index is 2170. The first-order valence-electron chi connectivity index (χ1n) is 16.9. The summed E-state index contributed by atoms with van der Waals surface area (Å²) in [5.74, 6) is 1.43. The highest BCUT2D eigenvalue weighted by atomic mass is 32.1. The first kappa shape index (κ1) is 28.9. The van der Waals surface area contributed by atoms with Crippen LogP contribution in [0.3, 0.4) is 0 Å². The van der Waals surface area contributed by atoms with Gasteiger partial charge in [-0.25, -0.2) is 0 Å². The summed E-state index contributed by atoms with van der Waals surface area (Å²) in [6, 6.07) is 20.0. The Morgan fingerprint density at radius 3 is 2.11 bits per heavy atom. The van der Waals surface area contributed by atoms with E-state index < -0.39 is 5.79 Å². The molecule has 230 valence electrons. The molecule has 1 atom stereocenters. The van der Waals surface area contributed by atoms with Crippen LogP contribution in [0.1, 0.15) is 94.3 Å². The monoisotopic (exact) mass is 613 g/mol. The van der Waals surface area contributed by atoms with E-state index in [-0.39, 0.29) is 5.41 Å². The molecule has 0 fully saturated rings. The standard InChI is InChI=1S/C41H47N3S/c1-21(2)39-42(22(3)4)41(43(39)23(5)6)30-15-14-29-36(38-37(40(29,11)12)28-18-24(7)13-16-33(28)45-38)35(30)32-20-27(10)34-26(9)17-25(8)19-31(34)44(32)41/h13-23H,1-12H3/q+2. The van der Waals surface area contributed by atoms with Crippen molar-refractivity contribution in [1.29, 1.82) is 0 Å². The SMILES string of the molecule is Cc1ccc2sc3c(c2c1)C(C)(C)c1ccc2c(c1-3)-c1cc(C)c3c(C)cc(C)cc3[n+]1C21N(C(C)C)C(C(C)C)=[N+]1C(C)C. The zero-order chi connectivity index (χ0) is 32.1. The van der Waals surface area contributed by atoms with E-state index in [1.165, 1.54) is 87.5 Å². The number of benzene rings is 3. The lowest BCUT2D eigenvalue weighted by Gasteiger charge is -2.46. The molecule has 3 aromatic carbocycles. The molecule has 0 amide bonds. The first-order valence-corrected chi connectivity index (χ1v) is 17.7. The number of rotatable bonds is 3. The summed E-state index contributed by atoms with van der Waals surface area (Å²) in [5, 5.41) is 2.81. The van der Waals surface area contributed by atoms with Crippen LogP contribution in [0.4, 0.5) is 0 Å². The smallest absolute Gasteiger partial charge is 0.156 e. The van der Waals surface area contributed by atoms with E-state index in [0.29, 0.717) is 18.0 Å². The highest BCUT2D eigenvalue weighted by Gasteiger charge is 2.77. The average Bonchev–Trinajstić information content (AvgIpc) is 3.52. The molecule has 0 N–H and O–H groups in total. The maximum absolute atomic E-state index is 2.77. The number of pyridine rings is 1. The van der Waals surface area contributed by atoms with Crippen LogP contribution in [0.15, 0.2) is 48.5 Å². The minimum Gasteiger partial charge on any atom is -0.156 e. The molecule has 0 saturated heterocycles. The molecule has 0 saturated carbocycles. The van der Waals surface area contributed by atoms with Crippen LogP contribution in [-0.4, -0.2) is 27.4 Å². The van der Waals surface area contributed by atoms with E-state index in [9.17, 15) is 0 Å². The first-order chi connectivity index (χ1) is 21.2. The van der Waals surface area contributed by atoms with Crippen molar-refractivity contribution in [3.8, 4) is 21.7 Å². The highest BCUT2D eigenvalue weighted by molar-refractivity contribution is 7.22. The van der Waals surface area contributed by atoms with Gasteiger partial charge in [-0.3, -0.25) is 0 Å². The molecule has 1 aliphatic carbocycles. The third-order valence-corrected chi connectivity index (χ3v) is 12.1. The zero-order valence-corrected chi connectivity index (χ0v) is 29.9. The van der Waals surface area contributed by atoms with Crippen LogP contribution in [-0.2, 0) is 11.2 Å². The molecule has 3 nitrogen and oxygen atoms in total. The topological polar surface area (TPSA) is 10.1 Å². The predicted molar refractivity (Wildman–Crippen MR) is 191 cm³/mol. The molecular formula is C41H47N3S+2. The van der Waals surface area contributed by atoms with E-state index in [0.717, 1.165) is 0 Å². The molecule has 4 heteroatoms. The largest absolute Gasteiger partial charge is 0.479 e. The van der Waals surface area contributed by atoms with Crippen LogP contribution in [0.5, 0.6) is 0 Å². The molecule has 4 heterocycles. The Kier molecular flexibility index (Phi) is 5.83. The van der Waals surface area contributed by atoms with Gasteiger partial charge in [-0.1, -0.05) is 57.5 Å². The van der Waals surface area contributed by atoms with Crippen LogP contribution >= 0.6 is 11.3 Å². The Balaban J connectivity index is 1.61. The lowest BCUT2D eigenvalue weighted by molar-refractivity contribution is -0.955. The number of aromatic nitrogens is 1. The zero-order valence-electron chi connectivity index (χ0n) is 29.1. The Morgan fingerprint density at radius 1 is 0.756 bits per heavy atom. The van der Waals surface area contributed by atoms with Gasteiger partial charge in [0.25, 0.3) is 5.84 Å². The average molecular weight is 614 g/mol. The van der Waals surface area contributed by atoms with E-state index in [1.54, 1.807) is 0 Å². The van der Waals surface area contributed by atoms with Crippen molar-refractivity contribution >= 4 is 38.2 Å². The third-order valence-electron chi connectivity index (χ3n) is 10.9. The number of aryl methyl sites for hydroxylation is 4. The predicted octanol–water partition coefficient (Wildman–Crippen LogP) is 9.72. The molecule has 45 heavy (non-hydrogen) atoms. The molecule has 2 aromatic heterocycles. The normalized spacial score (nSPS) is 19.4. The van der Waals surface area contributed by atoms with Gasteiger partial charge in [-0.15, -0.1) is 15.9 Å². The molecule has 0 bridgehead atoms. The van der Waals surface area contributed by atoms with Crippen LogP contribution < -0.4 is 4.57 Å². The fraction of sp³-hybridized carbons (Fsp3) is 0.415. The quantitative estimate of drug-likeness (QED) is 0.184. The van der Waals surface area contributed by atoms with Crippen molar-refractivity contribution in [3.05, 3.63) is 87.5 Å². The van der Waals surface area contributed by atoms with E-state index >= 15 is 0 Å². The van der Waals surface area contributed by atoms with Crippen molar-refractivity contribution in [2.24, 2.45) is 5.92 Å². The summed E-state index contributed by atoms with van der Waals surface area (Å²) in [4.78, 5) is 4.23. The van der Waals surface area contributed by atoms with Gasteiger partial charge in [0.1, 0.15) is 17.6 Å². The molecule has 0 radical (unpaired) electrons. The van der Waals surface area contributed by atoms with Gasteiger partial charge in [0.2, 0.25) is 11.2 Å². The van der Waals surface area contributed by atoms with Gasteiger partial charge in [0, 0.05) is 32.7 Å². The lowest BCUT2D eigenvalue weighted by atomic mass is 9.80. The Morgan fingerprint density at radius 2 is 1.44 bits per heavy atom. The van der Waals surface area contributed by atoms with E-state index in [1.807, 2.05) is 11.3 Å². The van der Waals surface area contributed by atoms with Gasteiger partial charge >= 0.3 is 5.79 Å². The molecule has 1 unspecified atom stereocenters. The van der Waals surface area contributed by atoms with E-state index in [4.69, 9.17) is 0 Å². The fourth-order valence-corrected chi connectivity index (χ4v) is 11.0. The molecule has 8 rings (SSSR count). The lowest BCUT2D eigenvalue weighted by Crippen LogP contribution is -2.83. The van der Waals surface area contributed by atoms with Gasteiger partial charge in [-0.2, -0.15) is 9.48 Å². The second-order valence-electron chi connectivity index (χ2n) is 15.4. The summed E-state index contributed by atoms with van der Waals surface area (Å²) < 4.78 is 6.92. The van der Waals surface area contributed by atoms with Gasteiger partial charge in [-0.05, 0) is 101 Å². The van der Waals surface area contributed by atoms with Gasteiger partial charge in [0.05, 0.1) is 16.9 Å². The van der Waals surface area contributed by atoms with Crippen molar-refractivity contribution in [3.63, 3.8) is 0 Å². The van der Waals surface area contributed by atoms with Crippen LogP contribution in [0, 0.1) is 33.6 Å². The molecular weight excluding hydrogens is 567 g/mol. The summed E-state index contributed by atoms with van der Waals surface area (Å²) in [5.41, 5.74) is 15.3. The van der Waals surface area contributed by atoms with Crippen molar-refractivity contribution in [1.82, 2.24) is 4.90 Å². The van der Waals surface area contributed by atoms with Crippen LogP contribution in [0.2, 0.25) is 0 Å². The van der Waals surface area contributed by atoms with Crippen molar-refractivity contribution in [2.75, 3.05) is 0 Å². The molecule has 3 aliphatic rings. The Hall–Kier alpha value is -3.50. The maximum Gasteiger partial charge on any atom is 0.479 e. The van der Waals surface area contributed by atoms with Gasteiger partial charge in [0.15, 0.2) is 0 Å². The number of hydrogen-bond donors (Lipinski definition) is 0. The fourth-order valence-electron chi connectivity index (χ4n) is 9.58. The second-order valence-corrected chi connectivity index (χ2v) is 16.5. The van der Waals surface area contributed by atoms with Crippen molar-refractivity contribution in [2.45, 2.75) is 106 Å². The molecule has 2 aliphatic heterocycles. The Labute approximate surface area is 272 Å². The van der Waals surface area contributed by atoms with Gasteiger partial charge < -0.3 is 0 Å². The minimum atomic E-state index is -0.437. The summed E-state index contributed by atoms with van der Waals surface area (Å²) >= 11 is 2.00. The summed E-state index contributed by atoms with van der Waals surface area (Å²) in [6.45, 7) is 28.3. The van der Waals surface area contributed by atoms with Crippen molar-refractivity contribution < 1.29 is 9.14 Å².